The van der Waals surface area contributed by atoms with E-state index in [4.69, 9.17) is 4.74 Å². The minimum Gasteiger partial charge on any atom is -0.495 e. The largest absolute Gasteiger partial charge is 0.495 e. The van der Waals surface area contributed by atoms with E-state index in [-0.39, 0.29) is 17.7 Å². The third-order valence-corrected chi connectivity index (χ3v) is 4.41. The molecule has 21 heavy (non-hydrogen) atoms. The van der Waals surface area contributed by atoms with Crippen molar-refractivity contribution in [2.45, 2.75) is 6.42 Å². The van der Waals surface area contributed by atoms with Crippen LogP contribution in [0.15, 0.2) is 36.4 Å². The molecule has 0 heterocycles. The predicted octanol–water partition coefficient (Wildman–Crippen LogP) is 2.16. The lowest BCUT2D eigenvalue weighted by molar-refractivity contribution is -0.146. The van der Waals surface area contributed by atoms with Gasteiger partial charge in [0.2, 0.25) is 5.91 Å². The number of carboxylic acid groups (broad SMARTS) is 1. The van der Waals surface area contributed by atoms with Gasteiger partial charge in [0.05, 0.1) is 24.6 Å². The Hall–Kier alpha value is -2.30. The molecular weight excluding hydrogens is 270 g/mol. The molecule has 5 heteroatoms. The lowest BCUT2D eigenvalue weighted by atomic mass is 9.82. The van der Waals surface area contributed by atoms with E-state index in [0.717, 1.165) is 6.42 Å². The molecule has 5 nitrogen and oxygen atoms in total. The van der Waals surface area contributed by atoms with Gasteiger partial charge in [-0.3, -0.25) is 9.59 Å². The van der Waals surface area contributed by atoms with Crippen LogP contribution >= 0.6 is 0 Å². The fourth-order valence-corrected chi connectivity index (χ4v) is 3.48. The van der Waals surface area contributed by atoms with Gasteiger partial charge in [0, 0.05) is 0 Å². The van der Waals surface area contributed by atoms with Gasteiger partial charge in [-0.15, -0.1) is 0 Å². The van der Waals surface area contributed by atoms with Gasteiger partial charge in [-0.1, -0.05) is 24.3 Å². The molecule has 4 atom stereocenters. The number of carbonyl (C=O) groups is 2. The van der Waals surface area contributed by atoms with Crippen LogP contribution in [0.2, 0.25) is 0 Å². The molecule has 2 unspecified atom stereocenters. The van der Waals surface area contributed by atoms with Gasteiger partial charge in [-0.05, 0) is 30.4 Å². The molecule has 2 N–H and O–H groups in total. The monoisotopic (exact) mass is 287 g/mol. The Balaban J connectivity index is 1.82. The number of carbonyl (C=O) groups excluding carboxylic acids is 1. The molecule has 0 aromatic heterocycles. The zero-order chi connectivity index (χ0) is 15.0. The highest BCUT2D eigenvalue weighted by Crippen LogP contribution is 2.48. The van der Waals surface area contributed by atoms with Gasteiger partial charge >= 0.3 is 5.97 Å². The molecule has 0 saturated heterocycles. The van der Waals surface area contributed by atoms with E-state index >= 15 is 0 Å². The van der Waals surface area contributed by atoms with Crippen molar-refractivity contribution in [1.29, 1.82) is 0 Å². The molecule has 2 aliphatic carbocycles. The first-order valence-electron chi connectivity index (χ1n) is 6.97. The highest BCUT2D eigenvalue weighted by atomic mass is 16.5. The summed E-state index contributed by atoms with van der Waals surface area (Å²) >= 11 is 0. The molecular formula is C16H17NO4. The van der Waals surface area contributed by atoms with E-state index in [2.05, 4.69) is 5.32 Å². The molecule has 1 saturated carbocycles. The summed E-state index contributed by atoms with van der Waals surface area (Å²) in [5, 5.41) is 12.2. The van der Waals surface area contributed by atoms with E-state index in [1.54, 1.807) is 18.2 Å². The maximum absolute atomic E-state index is 12.5. The van der Waals surface area contributed by atoms with Crippen molar-refractivity contribution < 1.29 is 19.4 Å². The minimum atomic E-state index is -0.896. The van der Waals surface area contributed by atoms with Crippen LogP contribution in [0.25, 0.3) is 0 Å². The highest BCUT2D eigenvalue weighted by molar-refractivity contribution is 5.97. The average Bonchev–Trinajstić information content (AvgIpc) is 3.08. The Morgan fingerprint density at radius 2 is 1.86 bits per heavy atom. The second-order valence-electron chi connectivity index (χ2n) is 5.53. The number of fused-ring (bicyclic) bond motifs is 2. The Morgan fingerprint density at radius 3 is 2.52 bits per heavy atom. The third-order valence-electron chi connectivity index (χ3n) is 4.41. The summed E-state index contributed by atoms with van der Waals surface area (Å²) in [6, 6.07) is 7.11. The van der Waals surface area contributed by atoms with Crippen molar-refractivity contribution in [3.05, 3.63) is 36.4 Å². The number of ether oxygens (including phenoxy) is 1. The summed E-state index contributed by atoms with van der Waals surface area (Å²) in [7, 11) is 1.53. The summed E-state index contributed by atoms with van der Waals surface area (Å²) in [5.74, 6) is -1.73. The van der Waals surface area contributed by atoms with Crippen LogP contribution < -0.4 is 10.1 Å². The van der Waals surface area contributed by atoms with Crippen LogP contribution in [0.5, 0.6) is 5.75 Å². The highest BCUT2D eigenvalue weighted by Gasteiger charge is 2.51. The first-order valence-corrected chi connectivity index (χ1v) is 6.97. The Labute approximate surface area is 122 Å². The number of methoxy groups -OCH3 is 1. The quantitative estimate of drug-likeness (QED) is 0.832. The number of rotatable bonds is 4. The summed E-state index contributed by atoms with van der Waals surface area (Å²) < 4.78 is 5.20. The summed E-state index contributed by atoms with van der Waals surface area (Å²) in [6.45, 7) is 0. The van der Waals surface area contributed by atoms with Crippen LogP contribution in [-0.2, 0) is 9.59 Å². The van der Waals surface area contributed by atoms with Gasteiger partial charge < -0.3 is 15.2 Å². The molecule has 110 valence electrons. The molecule has 0 aliphatic heterocycles. The summed E-state index contributed by atoms with van der Waals surface area (Å²) in [6.07, 6.45) is 4.65. The number of aliphatic carboxylic acids is 1. The number of hydrogen-bond acceptors (Lipinski definition) is 3. The lowest BCUT2D eigenvalue weighted by Crippen LogP contribution is -2.36. The van der Waals surface area contributed by atoms with Gasteiger partial charge in [-0.25, -0.2) is 0 Å². The van der Waals surface area contributed by atoms with E-state index in [1.807, 2.05) is 18.2 Å². The van der Waals surface area contributed by atoms with Crippen LogP contribution in [-0.4, -0.2) is 24.1 Å². The molecule has 0 radical (unpaired) electrons. The van der Waals surface area contributed by atoms with Gasteiger partial charge in [0.1, 0.15) is 5.75 Å². The number of nitrogens with one attached hydrogen (secondary N) is 1. The summed E-state index contributed by atoms with van der Waals surface area (Å²) in [5.41, 5.74) is 0.570. The van der Waals surface area contributed by atoms with E-state index in [9.17, 15) is 14.7 Å². The Kier molecular flexibility index (Phi) is 3.41. The first-order chi connectivity index (χ1) is 10.1. The molecule has 0 spiro atoms. The maximum Gasteiger partial charge on any atom is 0.307 e. The molecule has 1 aromatic rings. The molecule has 1 aromatic carbocycles. The van der Waals surface area contributed by atoms with Crippen molar-refractivity contribution in [3.63, 3.8) is 0 Å². The van der Waals surface area contributed by atoms with E-state index in [1.165, 1.54) is 7.11 Å². The second-order valence-corrected chi connectivity index (χ2v) is 5.53. The normalized spacial score (nSPS) is 29.4. The van der Waals surface area contributed by atoms with Crippen molar-refractivity contribution in [1.82, 2.24) is 0 Å². The molecule has 1 amide bonds. The summed E-state index contributed by atoms with van der Waals surface area (Å²) in [4.78, 5) is 24.0. The van der Waals surface area contributed by atoms with Gasteiger partial charge in [0.15, 0.2) is 0 Å². The van der Waals surface area contributed by atoms with Crippen LogP contribution in [0.3, 0.4) is 0 Å². The topological polar surface area (TPSA) is 75.6 Å². The fraction of sp³-hybridized carbons (Fsp3) is 0.375. The SMILES string of the molecule is COc1ccccc1NC(=O)C1C(C(=O)O)[C@@H]2C=C[C@H]1C2. The molecule has 2 aliphatic rings. The van der Waals surface area contributed by atoms with Gasteiger partial charge in [-0.2, -0.15) is 0 Å². The average molecular weight is 287 g/mol. The van der Waals surface area contributed by atoms with Crippen molar-refractivity contribution in [3.8, 4) is 5.75 Å². The standard InChI is InChI=1S/C16H17NO4/c1-21-12-5-3-2-4-11(12)17-15(18)13-9-6-7-10(8-9)14(13)16(19)20/h2-7,9-10,13-14H,8H2,1H3,(H,17,18)(H,19,20)/t9-,10+,13?,14?/m0/s1. The molecule has 2 bridgehead atoms. The number of allylic oxidation sites excluding steroid dienone is 2. The number of para-hydroxylation sites is 2. The Bertz CT molecular complexity index is 610. The molecule has 1 fully saturated rings. The number of carboxylic acids is 1. The number of amides is 1. The fourth-order valence-electron chi connectivity index (χ4n) is 3.48. The predicted molar refractivity (Wildman–Crippen MR) is 77.0 cm³/mol. The van der Waals surface area contributed by atoms with Crippen LogP contribution in [0.1, 0.15) is 6.42 Å². The molecule has 3 rings (SSSR count). The van der Waals surface area contributed by atoms with Crippen LogP contribution in [0.4, 0.5) is 5.69 Å². The van der Waals surface area contributed by atoms with Crippen molar-refractivity contribution in [2.24, 2.45) is 23.7 Å². The number of benzene rings is 1. The minimum absolute atomic E-state index is 0.0193. The van der Waals surface area contributed by atoms with Gasteiger partial charge in [0.25, 0.3) is 0 Å². The second kappa shape index (κ2) is 5.24. The number of hydrogen-bond donors (Lipinski definition) is 2. The Morgan fingerprint density at radius 1 is 1.19 bits per heavy atom. The lowest BCUT2D eigenvalue weighted by Gasteiger charge is -2.24. The maximum atomic E-state index is 12.5. The zero-order valence-electron chi connectivity index (χ0n) is 11.7. The van der Waals surface area contributed by atoms with E-state index < -0.39 is 17.8 Å². The smallest absolute Gasteiger partial charge is 0.307 e. The zero-order valence-corrected chi connectivity index (χ0v) is 11.7. The first kappa shape index (κ1) is 13.7. The third kappa shape index (κ3) is 2.28. The van der Waals surface area contributed by atoms with Crippen LogP contribution in [0, 0.1) is 23.7 Å². The van der Waals surface area contributed by atoms with Crippen molar-refractivity contribution in [2.75, 3.05) is 12.4 Å². The number of anilines is 1. The van der Waals surface area contributed by atoms with E-state index in [0.29, 0.717) is 11.4 Å². The van der Waals surface area contributed by atoms with Crippen molar-refractivity contribution >= 4 is 17.6 Å².